The highest BCUT2D eigenvalue weighted by molar-refractivity contribution is 6.94. The van der Waals surface area contributed by atoms with Crippen LogP contribution in [-0.2, 0) is 10.8 Å². The minimum absolute atomic E-state index is 0.0373. The molecule has 3 nitrogen and oxygen atoms in total. The molecule has 4 heteroatoms. The van der Waals surface area contributed by atoms with Crippen molar-refractivity contribution in [1.29, 1.82) is 0 Å². The van der Waals surface area contributed by atoms with E-state index in [2.05, 4.69) is 165 Å². The molecule has 9 aromatic rings. The van der Waals surface area contributed by atoms with Gasteiger partial charge in [0.05, 0.1) is 16.7 Å². The number of nitrogens with zero attached hydrogens (tertiary/aromatic N) is 2. The van der Waals surface area contributed by atoms with Gasteiger partial charge in [-0.15, -0.1) is 0 Å². The molecule has 0 fully saturated rings. The van der Waals surface area contributed by atoms with Crippen LogP contribution in [0.1, 0.15) is 57.2 Å². The number of hydrogen-bond donors (Lipinski definition) is 0. The molecule has 53 heavy (non-hydrogen) atoms. The first-order valence-corrected chi connectivity index (χ1v) is 19.2. The lowest BCUT2D eigenvalue weighted by atomic mass is 9.43. The van der Waals surface area contributed by atoms with Gasteiger partial charge in [-0.25, -0.2) is 0 Å². The lowest BCUT2D eigenvalue weighted by Gasteiger charge is -2.46. The van der Waals surface area contributed by atoms with Gasteiger partial charge in [-0.1, -0.05) is 113 Å². The first-order valence-electron chi connectivity index (χ1n) is 19.2. The van der Waals surface area contributed by atoms with Crippen molar-refractivity contribution in [3.63, 3.8) is 0 Å². The third kappa shape index (κ3) is 3.67. The van der Waals surface area contributed by atoms with Gasteiger partial charge in [-0.05, 0) is 106 Å². The molecule has 254 valence electrons. The second-order valence-corrected chi connectivity index (χ2v) is 17.2. The van der Waals surface area contributed by atoms with Gasteiger partial charge in [0.15, 0.2) is 0 Å². The summed E-state index contributed by atoms with van der Waals surface area (Å²) < 4.78 is 9.23. The molecule has 7 aromatic carbocycles. The van der Waals surface area contributed by atoms with Crippen molar-refractivity contribution in [1.82, 2.24) is 4.57 Å². The van der Waals surface area contributed by atoms with Crippen molar-refractivity contribution in [3.05, 3.63) is 138 Å². The van der Waals surface area contributed by atoms with Crippen LogP contribution >= 0.6 is 0 Å². The van der Waals surface area contributed by atoms with Crippen LogP contribution in [-0.4, -0.2) is 11.4 Å². The average molecular weight is 683 g/mol. The Morgan fingerprint density at radius 1 is 0.623 bits per heavy atom. The Kier molecular flexibility index (Phi) is 5.52. The maximum Gasteiger partial charge on any atom is 0.333 e. The number of rotatable bonds is 1. The highest BCUT2D eigenvalue weighted by Gasteiger charge is 2.46. The summed E-state index contributed by atoms with van der Waals surface area (Å²) in [5.74, 6) is 0. The first kappa shape index (κ1) is 29.8. The fourth-order valence-electron chi connectivity index (χ4n) is 10.6. The maximum absolute atomic E-state index is 6.63. The van der Waals surface area contributed by atoms with E-state index >= 15 is 0 Å². The zero-order valence-electron chi connectivity index (χ0n) is 30.8. The molecular weight excluding hydrogens is 643 g/mol. The molecule has 1 aliphatic carbocycles. The summed E-state index contributed by atoms with van der Waals surface area (Å²) in [5.41, 5.74) is 18.0. The molecule has 0 spiro atoms. The van der Waals surface area contributed by atoms with Crippen LogP contribution in [0.25, 0.3) is 71.3 Å². The SMILES string of the molecule is Cc1cc2c(cc1N1B3c4c(cc5ccccc5c4-n4c5ccccc5c5cccc3c54)-c3c1ccc1oc4ccccc4c31)C(C)(C)CCC2(C)C. The number of aromatic nitrogens is 1. The van der Waals surface area contributed by atoms with E-state index in [0.29, 0.717) is 0 Å². The summed E-state index contributed by atoms with van der Waals surface area (Å²) in [6.07, 6.45) is 2.37. The number of benzene rings is 7. The normalized spacial score (nSPS) is 16.5. The third-order valence-electron chi connectivity index (χ3n) is 13.3. The highest BCUT2D eigenvalue weighted by atomic mass is 16.3. The van der Waals surface area contributed by atoms with E-state index in [1.54, 1.807) is 0 Å². The molecule has 0 unspecified atom stereocenters. The summed E-state index contributed by atoms with van der Waals surface area (Å²) in [6.45, 7) is 12.1. The van der Waals surface area contributed by atoms with Gasteiger partial charge in [0.2, 0.25) is 0 Å². The molecule has 0 radical (unpaired) electrons. The van der Waals surface area contributed by atoms with Crippen molar-refractivity contribution in [2.45, 2.75) is 58.3 Å². The summed E-state index contributed by atoms with van der Waals surface area (Å²) in [7, 11) is 0. The molecule has 0 N–H and O–H groups in total. The largest absolute Gasteiger partial charge is 0.456 e. The molecule has 0 saturated heterocycles. The van der Waals surface area contributed by atoms with Crippen LogP contribution in [0.4, 0.5) is 11.4 Å². The van der Waals surface area contributed by atoms with Crippen LogP contribution < -0.4 is 15.7 Å². The minimum atomic E-state index is -0.0373. The van der Waals surface area contributed by atoms with Crippen molar-refractivity contribution >= 4 is 83.7 Å². The van der Waals surface area contributed by atoms with E-state index in [4.69, 9.17) is 4.42 Å². The van der Waals surface area contributed by atoms with Gasteiger partial charge in [0.1, 0.15) is 11.2 Å². The van der Waals surface area contributed by atoms with Gasteiger partial charge in [-0.2, -0.15) is 0 Å². The molecule has 4 heterocycles. The molecule has 0 saturated carbocycles. The molecule has 2 aromatic heterocycles. The van der Waals surface area contributed by atoms with Gasteiger partial charge < -0.3 is 13.8 Å². The Bertz CT molecular complexity index is 3100. The standard InChI is InChI=1S/C49H39BN2O/c1-28-25-35-36(49(4,5)24-23-48(35,2)3)27-40(28)52-39-21-22-42-44(33-16-9-11-20-41(33)53-42)43(39)34-26-29-13-6-7-14-30(29)47-45(34)50(52)37-18-12-17-32-31-15-8-10-19-38(31)51(47)46(32)37/h6-22,25-27H,23-24H2,1-5H3. The Balaban J connectivity index is 1.31. The van der Waals surface area contributed by atoms with Crippen LogP contribution in [0, 0.1) is 6.92 Å². The number of aryl methyl sites for hydroxylation is 1. The summed E-state index contributed by atoms with van der Waals surface area (Å²) >= 11 is 0. The van der Waals surface area contributed by atoms with Crippen LogP contribution in [0.3, 0.4) is 0 Å². The van der Waals surface area contributed by atoms with Crippen molar-refractivity contribution in [2.24, 2.45) is 0 Å². The maximum atomic E-state index is 6.63. The smallest absolute Gasteiger partial charge is 0.333 e. The highest BCUT2D eigenvalue weighted by Crippen LogP contribution is 2.53. The Morgan fingerprint density at radius 3 is 2.15 bits per heavy atom. The third-order valence-corrected chi connectivity index (χ3v) is 13.3. The van der Waals surface area contributed by atoms with Crippen molar-refractivity contribution in [2.75, 3.05) is 4.81 Å². The fraction of sp³-hybridized carbons (Fsp3) is 0.184. The second kappa shape index (κ2) is 9.82. The van der Waals surface area contributed by atoms with E-state index in [1.165, 1.54) is 107 Å². The topological polar surface area (TPSA) is 21.3 Å². The summed E-state index contributed by atoms with van der Waals surface area (Å²) in [6, 6.07) is 45.7. The van der Waals surface area contributed by atoms with Crippen LogP contribution in [0.5, 0.6) is 0 Å². The number of fused-ring (bicyclic) bond motifs is 14. The van der Waals surface area contributed by atoms with Gasteiger partial charge in [-0.3, -0.25) is 0 Å². The Morgan fingerprint density at radius 2 is 1.32 bits per heavy atom. The van der Waals surface area contributed by atoms with Crippen LogP contribution in [0.2, 0.25) is 0 Å². The molecule has 0 bridgehead atoms. The molecule has 12 rings (SSSR count). The van der Waals surface area contributed by atoms with Gasteiger partial charge in [0.25, 0.3) is 0 Å². The van der Waals surface area contributed by atoms with E-state index in [9.17, 15) is 0 Å². The lowest BCUT2D eigenvalue weighted by Crippen LogP contribution is -2.60. The van der Waals surface area contributed by atoms with E-state index in [1.807, 2.05) is 0 Å². The zero-order chi connectivity index (χ0) is 35.5. The molecule has 0 atom stereocenters. The Hall–Kier alpha value is -5.74. The van der Waals surface area contributed by atoms with E-state index in [0.717, 1.165) is 16.6 Å². The number of hydrogen-bond acceptors (Lipinski definition) is 2. The van der Waals surface area contributed by atoms with Gasteiger partial charge >= 0.3 is 6.85 Å². The van der Waals surface area contributed by atoms with Crippen LogP contribution in [0.15, 0.2) is 126 Å². The Labute approximate surface area is 309 Å². The number of anilines is 2. The minimum Gasteiger partial charge on any atom is -0.456 e. The van der Waals surface area contributed by atoms with E-state index < -0.39 is 0 Å². The second-order valence-electron chi connectivity index (χ2n) is 17.2. The average Bonchev–Trinajstić information content (AvgIpc) is 3.72. The van der Waals surface area contributed by atoms with Crippen molar-refractivity contribution in [3.8, 4) is 16.8 Å². The van der Waals surface area contributed by atoms with Gasteiger partial charge in [0, 0.05) is 43.9 Å². The summed E-state index contributed by atoms with van der Waals surface area (Å²) in [4.78, 5) is 2.72. The lowest BCUT2D eigenvalue weighted by molar-refractivity contribution is 0.332. The summed E-state index contributed by atoms with van der Waals surface area (Å²) in [5, 5.41) is 7.50. The zero-order valence-corrected chi connectivity index (χ0v) is 30.8. The predicted molar refractivity (Wildman–Crippen MR) is 225 cm³/mol. The monoisotopic (exact) mass is 682 g/mol. The molecular formula is C49H39BN2O. The molecule has 0 amide bonds. The predicted octanol–water partition coefficient (Wildman–Crippen LogP) is 11.7. The van der Waals surface area contributed by atoms with Crippen molar-refractivity contribution < 1.29 is 4.42 Å². The number of para-hydroxylation sites is 3. The first-order chi connectivity index (χ1) is 25.7. The molecule has 3 aliphatic rings. The fourth-order valence-corrected chi connectivity index (χ4v) is 10.6. The number of furan rings is 1. The quantitative estimate of drug-likeness (QED) is 0.161. The molecule has 2 aliphatic heterocycles. The van der Waals surface area contributed by atoms with E-state index in [-0.39, 0.29) is 17.7 Å².